The summed E-state index contributed by atoms with van der Waals surface area (Å²) in [4.78, 5) is 12.6. The van der Waals surface area contributed by atoms with Crippen LogP contribution in [0.3, 0.4) is 0 Å². The first-order chi connectivity index (χ1) is 9.69. The minimum Gasteiger partial charge on any atom is -0.354 e. The van der Waals surface area contributed by atoms with E-state index < -0.39 is 0 Å². The molecule has 1 N–H and O–H groups in total. The lowest BCUT2D eigenvalue weighted by Crippen LogP contribution is -2.06. The van der Waals surface area contributed by atoms with Crippen molar-refractivity contribution in [3.05, 3.63) is 40.7 Å². The van der Waals surface area contributed by atoms with Crippen molar-refractivity contribution in [1.29, 1.82) is 0 Å². The monoisotopic (exact) mass is 308 g/mol. The molecule has 1 aromatic heterocycles. The van der Waals surface area contributed by atoms with E-state index in [1.54, 1.807) is 11.8 Å². The van der Waals surface area contributed by atoms with Crippen LogP contribution in [0.2, 0.25) is 5.28 Å². The summed E-state index contributed by atoms with van der Waals surface area (Å²) in [6.45, 7) is 5.01. The maximum atomic E-state index is 5.93. The SMILES string of the molecule is CCCNc1nc(Cl)nc(SCc2ccccc2C)n1. The largest absolute Gasteiger partial charge is 0.354 e. The van der Waals surface area contributed by atoms with Gasteiger partial charge in [0.05, 0.1) is 0 Å². The number of nitrogens with zero attached hydrogens (tertiary/aromatic N) is 3. The summed E-state index contributed by atoms with van der Waals surface area (Å²) in [6.07, 6.45) is 1.01. The first-order valence-corrected chi connectivity index (χ1v) is 7.88. The van der Waals surface area contributed by atoms with Crippen LogP contribution in [0.25, 0.3) is 0 Å². The molecule has 0 unspecified atom stereocenters. The van der Waals surface area contributed by atoms with Crippen molar-refractivity contribution in [3.8, 4) is 0 Å². The molecule has 0 spiro atoms. The first kappa shape index (κ1) is 15.1. The zero-order valence-corrected chi connectivity index (χ0v) is 13.1. The van der Waals surface area contributed by atoms with E-state index in [1.165, 1.54) is 11.1 Å². The summed E-state index contributed by atoms with van der Waals surface area (Å²) in [5.41, 5.74) is 2.54. The van der Waals surface area contributed by atoms with Crippen molar-refractivity contribution in [1.82, 2.24) is 15.0 Å². The highest BCUT2D eigenvalue weighted by atomic mass is 35.5. The molecule has 0 bridgehead atoms. The molecule has 2 aromatic rings. The van der Waals surface area contributed by atoms with Crippen LogP contribution in [-0.2, 0) is 5.75 Å². The molecule has 0 amide bonds. The second kappa shape index (κ2) is 7.45. The van der Waals surface area contributed by atoms with E-state index in [0.29, 0.717) is 11.1 Å². The van der Waals surface area contributed by atoms with E-state index in [2.05, 4.69) is 46.2 Å². The number of thioether (sulfide) groups is 1. The summed E-state index contributed by atoms with van der Waals surface area (Å²) >= 11 is 7.49. The third-order valence-electron chi connectivity index (χ3n) is 2.74. The number of hydrogen-bond acceptors (Lipinski definition) is 5. The maximum Gasteiger partial charge on any atom is 0.228 e. The van der Waals surface area contributed by atoms with Crippen molar-refractivity contribution in [2.75, 3.05) is 11.9 Å². The highest BCUT2D eigenvalue weighted by Crippen LogP contribution is 2.22. The first-order valence-electron chi connectivity index (χ1n) is 6.51. The molecule has 0 aliphatic heterocycles. The highest BCUT2D eigenvalue weighted by Gasteiger charge is 2.06. The molecule has 2 rings (SSSR count). The Morgan fingerprint density at radius 3 is 2.75 bits per heavy atom. The Hall–Kier alpha value is -1.33. The number of halogens is 1. The smallest absolute Gasteiger partial charge is 0.228 e. The van der Waals surface area contributed by atoms with Crippen LogP contribution in [0.5, 0.6) is 0 Å². The van der Waals surface area contributed by atoms with Crippen LogP contribution >= 0.6 is 23.4 Å². The minimum atomic E-state index is 0.228. The fourth-order valence-corrected chi connectivity index (χ4v) is 2.75. The zero-order chi connectivity index (χ0) is 14.4. The third-order valence-corrected chi connectivity index (χ3v) is 3.80. The average Bonchev–Trinajstić information content (AvgIpc) is 2.44. The van der Waals surface area contributed by atoms with Crippen molar-refractivity contribution in [2.45, 2.75) is 31.2 Å². The summed E-state index contributed by atoms with van der Waals surface area (Å²) in [7, 11) is 0. The molecule has 106 valence electrons. The number of benzene rings is 1. The molecular formula is C14H17ClN4S. The van der Waals surface area contributed by atoms with Crippen LogP contribution in [-0.4, -0.2) is 21.5 Å². The Morgan fingerprint density at radius 2 is 2.00 bits per heavy atom. The number of nitrogens with one attached hydrogen (secondary N) is 1. The number of hydrogen-bond donors (Lipinski definition) is 1. The molecular weight excluding hydrogens is 292 g/mol. The Balaban J connectivity index is 2.05. The average molecular weight is 309 g/mol. The van der Waals surface area contributed by atoms with Gasteiger partial charge in [0.2, 0.25) is 11.2 Å². The topological polar surface area (TPSA) is 50.7 Å². The van der Waals surface area contributed by atoms with Gasteiger partial charge in [-0.2, -0.15) is 15.0 Å². The van der Waals surface area contributed by atoms with Crippen molar-refractivity contribution in [2.24, 2.45) is 0 Å². The van der Waals surface area contributed by atoms with Crippen LogP contribution in [0.15, 0.2) is 29.4 Å². The van der Waals surface area contributed by atoms with E-state index >= 15 is 0 Å². The van der Waals surface area contributed by atoms with Gasteiger partial charge in [-0.05, 0) is 36.1 Å². The van der Waals surface area contributed by atoms with E-state index in [-0.39, 0.29) is 5.28 Å². The van der Waals surface area contributed by atoms with E-state index in [9.17, 15) is 0 Å². The summed E-state index contributed by atoms with van der Waals surface area (Å²) < 4.78 is 0. The lowest BCUT2D eigenvalue weighted by Gasteiger charge is -2.07. The van der Waals surface area contributed by atoms with Gasteiger partial charge >= 0.3 is 0 Å². The quantitative estimate of drug-likeness (QED) is 0.819. The number of aromatic nitrogens is 3. The Morgan fingerprint density at radius 1 is 1.20 bits per heavy atom. The Labute approximate surface area is 128 Å². The molecule has 6 heteroatoms. The molecule has 0 saturated carbocycles. The second-order valence-corrected chi connectivity index (χ2v) is 5.63. The van der Waals surface area contributed by atoms with Crippen molar-refractivity contribution in [3.63, 3.8) is 0 Å². The van der Waals surface area contributed by atoms with Gasteiger partial charge in [0.25, 0.3) is 0 Å². The lowest BCUT2D eigenvalue weighted by atomic mass is 10.1. The molecule has 4 nitrogen and oxygen atoms in total. The van der Waals surface area contributed by atoms with Gasteiger partial charge in [0.15, 0.2) is 5.16 Å². The van der Waals surface area contributed by atoms with E-state index in [4.69, 9.17) is 11.6 Å². The fourth-order valence-electron chi connectivity index (χ4n) is 1.63. The fraction of sp³-hybridized carbons (Fsp3) is 0.357. The Bertz CT molecular complexity index is 577. The number of aryl methyl sites for hydroxylation is 1. The molecule has 1 aromatic carbocycles. The zero-order valence-electron chi connectivity index (χ0n) is 11.6. The van der Waals surface area contributed by atoms with Gasteiger partial charge in [0, 0.05) is 12.3 Å². The molecule has 1 heterocycles. The number of rotatable bonds is 6. The lowest BCUT2D eigenvalue weighted by molar-refractivity contribution is 0.877. The Kier molecular flexibility index (Phi) is 5.61. The molecule has 20 heavy (non-hydrogen) atoms. The molecule has 0 atom stereocenters. The molecule has 0 radical (unpaired) electrons. The highest BCUT2D eigenvalue weighted by molar-refractivity contribution is 7.98. The van der Waals surface area contributed by atoms with Gasteiger partial charge < -0.3 is 5.32 Å². The van der Waals surface area contributed by atoms with Crippen LogP contribution in [0.1, 0.15) is 24.5 Å². The molecule has 0 aliphatic carbocycles. The summed E-state index contributed by atoms with van der Waals surface area (Å²) in [5.74, 6) is 1.36. The number of anilines is 1. The van der Waals surface area contributed by atoms with Gasteiger partial charge in [-0.1, -0.05) is 43.0 Å². The maximum absolute atomic E-state index is 5.93. The van der Waals surface area contributed by atoms with Gasteiger partial charge in [-0.3, -0.25) is 0 Å². The van der Waals surface area contributed by atoms with Crippen molar-refractivity contribution < 1.29 is 0 Å². The molecule has 0 aliphatic rings. The summed E-state index contributed by atoms with van der Waals surface area (Å²) in [6, 6.07) is 8.29. The second-order valence-electron chi connectivity index (χ2n) is 4.35. The van der Waals surface area contributed by atoms with Gasteiger partial charge in [0.1, 0.15) is 0 Å². The van der Waals surface area contributed by atoms with E-state index in [0.717, 1.165) is 18.7 Å². The van der Waals surface area contributed by atoms with E-state index in [1.807, 2.05) is 12.1 Å². The van der Waals surface area contributed by atoms with Gasteiger partial charge in [-0.15, -0.1) is 0 Å². The summed E-state index contributed by atoms with van der Waals surface area (Å²) in [5, 5.41) is 4.00. The molecule has 0 saturated heterocycles. The van der Waals surface area contributed by atoms with Crippen molar-refractivity contribution >= 4 is 29.3 Å². The normalized spacial score (nSPS) is 10.6. The minimum absolute atomic E-state index is 0.228. The van der Waals surface area contributed by atoms with Crippen LogP contribution in [0, 0.1) is 6.92 Å². The standard InChI is InChI=1S/C14H17ClN4S/c1-3-8-16-13-17-12(15)18-14(19-13)20-9-11-7-5-4-6-10(11)2/h4-7H,3,8-9H2,1-2H3,(H,16,17,18,19). The third kappa shape index (κ3) is 4.35. The predicted molar refractivity (Wildman–Crippen MR) is 84.4 cm³/mol. The van der Waals surface area contributed by atoms with Crippen LogP contribution < -0.4 is 5.32 Å². The van der Waals surface area contributed by atoms with Crippen LogP contribution in [0.4, 0.5) is 5.95 Å². The van der Waals surface area contributed by atoms with Gasteiger partial charge in [-0.25, -0.2) is 0 Å². The molecule has 0 fully saturated rings. The predicted octanol–water partition coefficient (Wildman–Crippen LogP) is 3.95.